The quantitative estimate of drug-likeness (QED) is 0.598. The molecular weight excluding hydrogens is 312 g/mol. The Kier molecular flexibility index (Phi) is 5.54. The van der Waals surface area contributed by atoms with Crippen molar-refractivity contribution in [2.75, 3.05) is 6.61 Å². The van der Waals surface area contributed by atoms with Crippen molar-refractivity contribution in [1.29, 1.82) is 0 Å². The number of ether oxygens (including phenoxy) is 1. The lowest BCUT2D eigenvalue weighted by molar-refractivity contribution is -0.130. The molecule has 1 N–H and O–H groups in total. The Labute approximate surface area is 149 Å². The number of carboxylic acid groups (broad SMARTS) is 1. The molecule has 0 heterocycles. The molecule has 3 rings (SSSR count). The van der Waals surface area contributed by atoms with E-state index in [0.717, 1.165) is 36.1 Å². The van der Waals surface area contributed by atoms with Gasteiger partial charge >= 0.3 is 5.97 Å². The summed E-state index contributed by atoms with van der Waals surface area (Å²) in [6.45, 7) is 2.75. The van der Waals surface area contributed by atoms with E-state index in [0.29, 0.717) is 12.2 Å². The maximum atomic E-state index is 11.8. The Balaban J connectivity index is 1.88. The topological polar surface area (TPSA) is 46.5 Å². The zero-order valence-corrected chi connectivity index (χ0v) is 14.6. The van der Waals surface area contributed by atoms with Crippen molar-refractivity contribution < 1.29 is 14.6 Å². The molecule has 0 saturated carbocycles. The molecule has 2 aromatic rings. The van der Waals surface area contributed by atoms with Crippen molar-refractivity contribution >= 4 is 17.6 Å². The second-order valence-corrected chi connectivity index (χ2v) is 6.47. The first-order valence-electron chi connectivity index (χ1n) is 8.97. The smallest absolute Gasteiger partial charge is 0.336 e. The summed E-state index contributed by atoms with van der Waals surface area (Å²) >= 11 is 0. The average Bonchev–Trinajstić information content (AvgIpc) is 2.64. The Morgan fingerprint density at radius 3 is 2.48 bits per heavy atom. The van der Waals surface area contributed by atoms with Crippen LogP contribution in [0.15, 0.2) is 42.5 Å². The molecule has 0 spiro atoms. The molecule has 1 aliphatic rings. The van der Waals surface area contributed by atoms with E-state index in [-0.39, 0.29) is 0 Å². The molecule has 0 radical (unpaired) electrons. The third-order valence-electron chi connectivity index (χ3n) is 4.55. The fourth-order valence-electron chi connectivity index (χ4n) is 3.22. The summed E-state index contributed by atoms with van der Waals surface area (Å²) in [5, 5.41) is 9.67. The van der Waals surface area contributed by atoms with E-state index in [1.54, 1.807) is 6.08 Å². The van der Waals surface area contributed by atoms with Crippen molar-refractivity contribution in [3.05, 3.63) is 64.7 Å². The van der Waals surface area contributed by atoms with Crippen molar-refractivity contribution in [2.24, 2.45) is 0 Å². The molecule has 0 unspecified atom stereocenters. The number of hydrogen-bond donors (Lipinski definition) is 1. The van der Waals surface area contributed by atoms with Gasteiger partial charge in [0.05, 0.1) is 12.2 Å². The van der Waals surface area contributed by atoms with Crippen molar-refractivity contribution in [2.45, 2.75) is 39.0 Å². The lowest BCUT2D eigenvalue weighted by Crippen LogP contribution is -2.05. The standard InChI is InChI=1S/C22H24O3/c1-2-13-25-20-11-7-16(8-12-20)14-21(22(23)24)19-10-9-17-5-3-4-6-18(17)15-19/h7-12,14-15H,2-6,13H2,1H3,(H,23,24)/b21-14-. The summed E-state index contributed by atoms with van der Waals surface area (Å²) in [5.41, 5.74) is 4.62. The molecular formula is C22H24O3. The number of aryl methyl sites for hydroxylation is 2. The number of rotatable bonds is 6. The molecule has 0 fully saturated rings. The average molecular weight is 336 g/mol. The maximum Gasteiger partial charge on any atom is 0.336 e. The van der Waals surface area contributed by atoms with Gasteiger partial charge in [-0.05, 0) is 72.6 Å². The van der Waals surface area contributed by atoms with Crippen LogP contribution in [-0.4, -0.2) is 17.7 Å². The molecule has 25 heavy (non-hydrogen) atoms. The molecule has 0 atom stereocenters. The van der Waals surface area contributed by atoms with Gasteiger partial charge in [-0.15, -0.1) is 0 Å². The van der Waals surface area contributed by atoms with Crippen molar-refractivity contribution in [1.82, 2.24) is 0 Å². The predicted molar refractivity (Wildman–Crippen MR) is 101 cm³/mol. The third-order valence-corrected chi connectivity index (χ3v) is 4.55. The van der Waals surface area contributed by atoms with Crippen LogP contribution >= 0.6 is 0 Å². The van der Waals surface area contributed by atoms with E-state index in [1.807, 2.05) is 36.4 Å². The highest BCUT2D eigenvalue weighted by atomic mass is 16.5. The Morgan fingerprint density at radius 2 is 1.80 bits per heavy atom. The van der Waals surface area contributed by atoms with Gasteiger partial charge in [0, 0.05) is 0 Å². The summed E-state index contributed by atoms with van der Waals surface area (Å²) in [6.07, 6.45) is 7.24. The van der Waals surface area contributed by atoms with Crippen LogP contribution in [0.1, 0.15) is 48.4 Å². The minimum atomic E-state index is -0.901. The third kappa shape index (κ3) is 4.30. The highest BCUT2D eigenvalue weighted by molar-refractivity contribution is 6.20. The first kappa shape index (κ1) is 17.3. The number of carboxylic acids is 1. The normalized spacial score (nSPS) is 14.0. The Morgan fingerprint density at radius 1 is 1.08 bits per heavy atom. The second-order valence-electron chi connectivity index (χ2n) is 6.47. The highest BCUT2D eigenvalue weighted by Gasteiger charge is 2.15. The largest absolute Gasteiger partial charge is 0.494 e. The van der Waals surface area contributed by atoms with E-state index < -0.39 is 5.97 Å². The van der Waals surface area contributed by atoms with Gasteiger partial charge in [0.25, 0.3) is 0 Å². The van der Waals surface area contributed by atoms with Crippen LogP contribution in [0.4, 0.5) is 0 Å². The Bertz CT molecular complexity index is 772. The number of carbonyl (C=O) groups is 1. The zero-order chi connectivity index (χ0) is 17.6. The number of aliphatic carboxylic acids is 1. The highest BCUT2D eigenvalue weighted by Crippen LogP contribution is 2.27. The van der Waals surface area contributed by atoms with Crippen LogP contribution in [0.2, 0.25) is 0 Å². The summed E-state index contributed by atoms with van der Waals surface area (Å²) < 4.78 is 5.57. The van der Waals surface area contributed by atoms with E-state index in [1.165, 1.54) is 24.0 Å². The molecule has 1 aliphatic carbocycles. The molecule has 3 nitrogen and oxygen atoms in total. The molecule has 2 aromatic carbocycles. The molecule has 0 bridgehead atoms. The van der Waals surface area contributed by atoms with Gasteiger partial charge in [0.2, 0.25) is 0 Å². The van der Waals surface area contributed by atoms with Gasteiger partial charge in [-0.2, -0.15) is 0 Å². The molecule has 130 valence electrons. The van der Waals surface area contributed by atoms with E-state index in [4.69, 9.17) is 4.74 Å². The molecule has 0 aromatic heterocycles. The fourth-order valence-corrected chi connectivity index (χ4v) is 3.22. The summed E-state index contributed by atoms with van der Waals surface area (Å²) in [4.78, 5) is 11.8. The lowest BCUT2D eigenvalue weighted by Gasteiger charge is -2.16. The van der Waals surface area contributed by atoms with Crippen LogP contribution in [0.5, 0.6) is 5.75 Å². The van der Waals surface area contributed by atoms with Gasteiger partial charge in [0.15, 0.2) is 0 Å². The first-order valence-corrected chi connectivity index (χ1v) is 8.97. The molecule has 0 aliphatic heterocycles. The number of benzene rings is 2. The summed E-state index contributed by atoms with van der Waals surface area (Å²) in [6, 6.07) is 13.6. The summed E-state index contributed by atoms with van der Waals surface area (Å²) in [5.74, 6) is -0.0910. The van der Waals surface area contributed by atoms with Gasteiger partial charge in [-0.3, -0.25) is 0 Å². The van der Waals surface area contributed by atoms with E-state index in [2.05, 4.69) is 13.0 Å². The van der Waals surface area contributed by atoms with Crippen molar-refractivity contribution in [3.8, 4) is 5.75 Å². The second kappa shape index (κ2) is 8.02. The van der Waals surface area contributed by atoms with E-state index >= 15 is 0 Å². The van der Waals surface area contributed by atoms with Crippen LogP contribution in [0.3, 0.4) is 0 Å². The fraction of sp³-hybridized carbons (Fsp3) is 0.318. The summed E-state index contributed by atoms with van der Waals surface area (Å²) in [7, 11) is 0. The van der Waals surface area contributed by atoms with E-state index in [9.17, 15) is 9.90 Å². The molecule has 3 heteroatoms. The lowest BCUT2D eigenvalue weighted by atomic mass is 9.89. The minimum Gasteiger partial charge on any atom is -0.494 e. The number of fused-ring (bicyclic) bond motifs is 1. The maximum absolute atomic E-state index is 11.8. The SMILES string of the molecule is CCCOc1ccc(/C=C(\C(=O)O)c2ccc3c(c2)CCCC3)cc1. The van der Waals surface area contributed by atoms with Crippen LogP contribution in [0.25, 0.3) is 11.6 Å². The van der Waals surface area contributed by atoms with Gasteiger partial charge in [-0.1, -0.05) is 37.3 Å². The first-order chi connectivity index (χ1) is 12.2. The minimum absolute atomic E-state index is 0.329. The van der Waals surface area contributed by atoms with Gasteiger partial charge < -0.3 is 9.84 Å². The van der Waals surface area contributed by atoms with Gasteiger partial charge in [0.1, 0.15) is 5.75 Å². The molecule has 0 amide bonds. The predicted octanol–water partition coefficient (Wildman–Crippen LogP) is 4.98. The van der Waals surface area contributed by atoms with Crippen LogP contribution < -0.4 is 4.74 Å². The zero-order valence-electron chi connectivity index (χ0n) is 14.6. The van der Waals surface area contributed by atoms with Crippen LogP contribution in [0, 0.1) is 0 Å². The molecule has 0 saturated heterocycles. The van der Waals surface area contributed by atoms with Crippen LogP contribution in [-0.2, 0) is 17.6 Å². The van der Waals surface area contributed by atoms with Crippen molar-refractivity contribution in [3.63, 3.8) is 0 Å². The van der Waals surface area contributed by atoms with Gasteiger partial charge in [-0.25, -0.2) is 4.79 Å². The monoisotopic (exact) mass is 336 g/mol. The number of hydrogen-bond acceptors (Lipinski definition) is 2. The Hall–Kier alpha value is -2.55.